The molecule has 0 aromatic heterocycles. The van der Waals surface area contributed by atoms with Gasteiger partial charge in [-0.3, -0.25) is 14.4 Å². The molecule has 3 amide bonds. The smallest absolute Gasteiger partial charge is 0.248 e. The van der Waals surface area contributed by atoms with Crippen LogP contribution in [0.1, 0.15) is 17.5 Å². The van der Waals surface area contributed by atoms with E-state index in [2.05, 4.69) is 17.5 Å². The van der Waals surface area contributed by atoms with Crippen molar-refractivity contribution >= 4 is 35.2 Å². The summed E-state index contributed by atoms with van der Waals surface area (Å²) in [5.41, 5.74) is 3.08. The van der Waals surface area contributed by atoms with Gasteiger partial charge in [0.2, 0.25) is 17.7 Å². The molecule has 0 unspecified atom stereocenters. The lowest BCUT2D eigenvalue weighted by molar-refractivity contribution is -0.123. The molecular formula is C25H22N2O3. The molecule has 5 rings (SSSR count). The van der Waals surface area contributed by atoms with Crippen LogP contribution in [0, 0.1) is 30.6 Å². The first kappa shape index (κ1) is 18.6. The van der Waals surface area contributed by atoms with Crippen LogP contribution in [0.15, 0.2) is 66.8 Å². The predicted molar refractivity (Wildman–Crippen MR) is 115 cm³/mol. The van der Waals surface area contributed by atoms with Crippen LogP contribution in [0.2, 0.25) is 0 Å². The van der Waals surface area contributed by atoms with Crippen LogP contribution >= 0.6 is 0 Å². The summed E-state index contributed by atoms with van der Waals surface area (Å²) in [5, 5.41) is 2.86. The van der Waals surface area contributed by atoms with Crippen molar-refractivity contribution in [2.75, 3.05) is 10.2 Å². The van der Waals surface area contributed by atoms with Gasteiger partial charge in [-0.25, -0.2) is 4.90 Å². The summed E-state index contributed by atoms with van der Waals surface area (Å²) in [7, 11) is 0. The van der Waals surface area contributed by atoms with Crippen LogP contribution in [-0.4, -0.2) is 17.7 Å². The first-order valence-electron chi connectivity index (χ1n) is 10.2. The number of carbonyl (C=O) groups excluding carboxylic acids is 3. The van der Waals surface area contributed by atoms with Gasteiger partial charge in [-0.1, -0.05) is 42.5 Å². The number of anilines is 2. The number of hydrogen-bond acceptors (Lipinski definition) is 3. The Balaban J connectivity index is 1.33. The zero-order chi connectivity index (χ0) is 20.8. The second kappa shape index (κ2) is 7.10. The number of nitrogens with one attached hydrogen (secondary N) is 1. The lowest BCUT2D eigenvalue weighted by Gasteiger charge is -2.17. The van der Waals surface area contributed by atoms with E-state index in [1.807, 2.05) is 37.3 Å². The Morgan fingerprint density at radius 3 is 2.40 bits per heavy atom. The van der Waals surface area contributed by atoms with Gasteiger partial charge in [-0.15, -0.1) is 0 Å². The van der Waals surface area contributed by atoms with Gasteiger partial charge in [0.25, 0.3) is 0 Å². The standard InChI is InChI=1S/C25H22N2O3/c1-15-5-2-3-8-20(15)26-21(28)12-9-16-6-4-7-19(13-16)27-24(29)22-17-10-11-18(14-17)23(22)25(27)30/h2-13,17-18,22-23H,14H2,1H3,(H,26,28)/b12-9-/t17-,18+,22-,23+. The van der Waals surface area contributed by atoms with Gasteiger partial charge >= 0.3 is 0 Å². The fourth-order valence-corrected chi connectivity index (χ4v) is 4.98. The molecule has 3 aliphatic rings. The van der Waals surface area contributed by atoms with Gasteiger partial charge < -0.3 is 5.32 Å². The van der Waals surface area contributed by atoms with E-state index in [4.69, 9.17) is 0 Å². The maximum Gasteiger partial charge on any atom is 0.248 e. The highest BCUT2D eigenvalue weighted by Gasteiger charge is 2.59. The molecule has 2 fully saturated rings. The van der Waals surface area contributed by atoms with Crippen molar-refractivity contribution < 1.29 is 14.4 Å². The summed E-state index contributed by atoms with van der Waals surface area (Å²) in [4.78, 5) is 39.6. The second-order valence-corrected chi connectivity index (χ2v) is 8.24. The highest BCUT2D eigenvalue weighted by molar-refractivity contribution is 6.22. The Labute approximate surface area is 175 Å². The summed E-state index contributed by atoms with van der Waals surface area (Å²) in [5.74, 6) is -0.483. The fourth-order valence-electron chi connectivity index (χ4n) is 4.98. The number of allylic oxidation sites excluding steroid dienone is 2. The van der Waals surface area contributed by atoms with Crippen molar-refractivity contribution in [2.45, 2.75) is 13.3 Å². The number of nitrogens with zero attached hydrogens (tertiary/aromatic N) is 1. The molecular weight excluding hydrogens is 376 g/mol. The molecule has 1 N–H and O–H groups in total. The third-order valence-corrected chi connectivity index (χ3v) is 6.43. The molecule has 0 radical (unpaired) electrons. The molecule has 2 bridgehead atoms. The molecule has 150 valence electrons. The number of aryl methyl sites for hydroxylation is 1. The maximum atomic E-state index is 13.0. The molecule has 5 heteroatoms. The minimum atomic E-state index is -0.236. The van der Waals surface area contributed by atoms with Crippen molar-refractivity contribution in [2.24, 2.45) is 23.7 Å². The van der Waals surface area contributed by atoms with Crippen molar-refractivity contribution in [1.29, 1.82) is 0 Å². The Morgan fingerprint density at radius 1 is 1.00 bits per heavy atom. The SMILES string of the molecule is Cc1ccccc1NC(=O)/C=C\c1cccc(N2C(=O)[C@@H]3[C@H](C2=O)[C@@H]2C=C[C@H]3C2)c1. The van der Waals surface area contributed by atoms with Crippen LogP contribution in [0.4, 0.5) is 11.4 Å². The Kier molecular flexibility index (Phi) is 4.39. The molecule has 1 saturated carbocycles. The lowest BCUT2D eigenvalue weighted by atomic mass is 9.85. The number of imide groups is 1. The van der Waals surface area contributed by atoms with Crippen LogP contribution in [0.25, 0.3) is 6.08 Å². The minimum absolute atomic E-state index is 0.0970. The fraction of sp³-hybridized carbons (Fsp3) is 0.240. The summed E-state index contributed by atoms with van der Waals surface area (Å²) in [6, 6.07) is 14.8. The van der Waals surface area contributed by atoms with Crippen molar-refractivity contribution in [3.05, 3.63) is 77.9 Å². The summed E-state index contributed by atoms with van der Waals surface area (Å²) < 4.78 is 0. The van der Waals surface area contributed by atoms with Crippen molar-refractivity contribution in [3.8, 4) is 0 Å². The average Bonchev–Trinajstić information content (AvgIpc) is 3.42. The number of para-hydroxylation sites is 1. The summed E-state index contributed by atoms with van der Waals surface area (Å²) >= 11 is 0. The highest BCUT2D eigenvalue weighted by atomic mass is 16.2. The van der Waals surface area contributed by atoms with Gasteiger partial charge in [-0.05, 0) is 60.6 Å². The van der Waals surface area contributed by atoms with E-state index < -0.39 is 0 Å². The van der Waals surface area contributed by atoms with Crippen molar-refractivity contribution in [3.63, 3.8) is 0 Å². The number of benzene rings is 2. The monoisotopic (exact) mass is 398 g/mol. The molecule has 2 aromatic rings. The quantitative estimate of drug-likeness (QED) is 0.482. The third-order valence-electron chi connectivity index (χ3n) is 6.43. The zero-order valence-electron chi connectivity index (χ0n) is 16.6. The van der Waals surface area contributed by atoms with E-state index in [1.54, 1.807) is 24.3 Å². The Bertz CT molecular complexity index is 1090. The van der Waals surface area contributed by atoms with E-state index in [0.29, 0.717) is 5.69 Å². The van der Waals surface area contributed by atoms with Gasteiger partial charge in [0.15, 0.2) is 0 Å². The zero-order valence-corrected chi connectivity index (χ0v) is 16.6. The van der Waals surface area contributed by atoms with Crippen LogP contribution in [-0.2, 0) is 14.4 Å². The number of fused-ring (bicyclic) bond motifs is 5. The lowest BCUT2D eigenvalue weighted by Crippen LogP contribution is -2.32. The van der Waals surface area contributed by atoms with E-state index in [-0.39, 0.29) is 41.4 Å². The second-order valence-electron chi connectivity index (χ2n) is 8.24. The van der Waals surface area contributed by atoms with Crippen LogP contribution in [0.3, 0.4) is 0 Å². The maximum absolute atomic E-state index is 13.0. The van der Waals surface area contributed by atoms with E-state index in [1.165, 1.54) is 11.0 Å². The Hall–Kier alpha value is -3.47. The molecule has 1 aliphatic heterocycles. The summed E-state index contributed by atoms with van der Waals surface area (Å²) in [6.07, 6.45) is 8.24. The number of hydrogen-bond donors (Lipinski definition) is 1. The molecule has 30 heavy (non-hydrogen) atoms. The molecule has 5 nitrogen and oxygen atoms in total. The van der Waals surface area contributed by atoms with Gasteiger partial charge in [-0.2, -0.15) is 0 Å². The van der Waals surface area contributed by atoms with Crippen LogP contribution < -0.4 is 10.2 Å². The number of carbonyl (C=O) groups is 3. The van der Waals surface area contributed by atoms with E-state index in [9.17, 15) is 14.4 Å². The van der Waals surface area contributed by atoms with Gasteiger partial charge in [0, 0.05) is 11.8 Å². The molecule has 1 saturated heterocycles. The molecule has 2 aromatic carbocycles. The average molecular weight is 398 g/mol. The first-order chi connectivity index (χ1) is 14.5. The predicted octanol–water partition coefficient (Wildman–Crippen LogP) is 3.96. The molecule has 2 aliphatic carbocycles. The molecule has 0 spiro atoms. The normalized spacial score (nSPS) is 26.6. The topological polar surface area (TPSA) is 66.5 Å². The minimum Gasteiger partial charge on any atom is -0.322 e. The Morgan fingerprint density at radius 2 is 1.70 bits per heavy atom. The highest BCUT2D eigenvalue weighted by Crippen LogP contribution is 2.53. The summed E-state index contributed by atoms with van der Waals surface area (Å²) in [6.45, 7) is 1.93. The van der Waals surface area contributed by atoms with E-state index in [0.717, 1.165) is 23.2 Å². The van der Waals surface area contributed by atoms with Crippen LogP contribution in [0.5, 0.6) is 0 Å². The number of rotatable bonds is 4. The first-order valence-corrected chi connectivity index (χ1v) is 10.2. The van der Waals surface area contributed by atoms with E-state index >= 15 is 0 Å². The molecule has 1 heterocycles. The number of amides is 3. The molecule has 4 atom stereocenters. The third kappa shape index (κ3) is 2.98. The van der Waals surface area contributed by atoms with Crippen molar-refractivity contribution in [1.82, 2.24) is 0 Å². The largest absolute Gasteiger partial charge is 0.322 e. The van der Waals surface area contributed by atoms with Gasteiger partial charge in [0.1, 0.15) is 0 Å². The van der Waals surface area contributed by atoms with Gasteiger partial charge in [0.05, 0.1) is 17.5 Å².